The number of alkyl carbamates (subject to hydrolysis) is 1. The van der Waals surface area contributed by atoms with E-state index in [4.69, 9.17) is 9.84 Å². The molecule has 3 aromatic rings. The van der Waals surface area contributed by atoms with Crippen molar-refractivity contribution in [1.82, 2.24) is 10.6 Å². The molecule has 192 valence electrons. The topological polar surface area (TPSA) is 117 Å². The fourth-order valence-electron chi connectivity index (χ4n) is 4.48. The van der Waals surface area contributed by atoms with Crippen LogP contribution in [0.5, 0.6) is 0 Å². The monoisotopic (exact) mass is 501 g/mol. The van der Waals surface area contributed by atoms with Crippen LogP contribution in [0, 0.1) is 5.92 Å². The Morgan fingerprint density at radius 2 is 1.49 bits per heavy atom. The standard InChI is InChI=1S/C29H31N3O5/c1-18(2)27(28(35)30-15-26(34)31-20-13-11-19(16-33)12-14-20)32-29(36)37-17-25-23-9-5-3-7-21(23)22-8-4-6-10-24(22)25/h3-14,18,25,27,33H,15-17H2,1-2H3,(H,30,35)(H,31,34)(H,32,36). The highest BCUT2D eigenvalue weighted by molar-refractivity contribution is 5.95. The van der Waals surface area contributed by atoms with Crippen LogP contribution in [0.3, 0.4) is 0 Å². The Kier molecular flexibility index (Phi) is 8.20. The molecule has 37 heavy (non-hydrogen) atoms. The molecule has 8 heteroatoms. The van der Waals surface area contributed by atoms with E-state index in [2.05, 4.69) is 28.1 Å². The molecule has 0 saturated carbocycles. The first-order valence-electron chi connectivity index (χ1n) is 12.3. The Balaban J connectivity index is 1.30. The van der Waals surface area contributed by atoms with Gasteiger partial charge in [0.2, 0.25) is 11.8 Å². The summed E-state index contributed by atoms with van der Waals surface area (Å²) in [4.78, 5) is 37.7. The molecule has 0 aliphatic heterocycles. The minimum Gasteiger partial charge on any atom is -0.449 e. The number of carbonyl (C=O) groups is 3. The van der Waals surface area contributed by atoms with Crippen molar-refractivity contribution in [3.05, 3.63) is 89.5 Å². The molecular formula is C29H31N3O5. The first-order valence-corrected chi connectivity index (χ1v) is 12.3. The molecule has 3 aromatic carbocycles. The number of rotatable bonds is 9. The van der Waals surface area contributed by atoms with Crippen LogP contribution < -0.4 is 16.0 Å². The summed E-state index contributed by atoms with van der Waals surface area (Å²) in [7, 11) is 0. The molecular weight excluding hydrogens is 470 g/mol. The quantitative estimate of drug-likeness (QED) is 0.356. The van der Waals surface area contributed by atoms with Crippen molar-refractivity contribution < 1.29 is 24.2 Å². The smallest absolute Gasteiger partial charge is 0.407 e. The predicted octanol–water partition coefficient (Wildman–Crippen LogP) is 3.80. The zero-order valence-corrected chi connectivity index (χ0v) is 20.9. The van der Waals surface area contributed by atoms with Crippen LogP contribution in [-0.4, -0.2) is 42.2 Å². The molecule has 0 spiro atoms. The first-order chi connectivity index (χ1) is 17.9. The lowest BCUT2D eigenvalue weighted by atomic mass is 9.98. The maximum atomic E-state index is 12.8. The molecule has 4 rings (SSSR count). The fourth-order valence-corrected chi connectivity index (χ4v) is 4.48. The van der Waals surface area contributed by atoms with E-state index in [-0.39, 0.29) is 31.6 Å². The second kappa shape index (κ2) is 11.7. The summed E-state index contributed by atoms with van der Waals surface area (Å²) in [6, 6.07) is 22.0. The molecule has 3 amide bonds. The third-order valence-electron chi connectivity index (χ3n) is 6.41. The van der Waals surface area contributed by atoms with E-state index in [1.807, 2.05) is 36.4 Å². The molecule has 1 atom stereocenters. The van der Waals surface area contributed by atoms with E-state index < -0.39 is 23.9 Å². The van der Waals surface area contributed by atoms with Crippen molar-refractivity contribution in [2.45, 2.75) is 32.4 Å². The minimum atomic E-state index is -0.868. The highest BCUT2D eigenvalue weighted by Gasteiger charge is 2.30. The third-order valence-corrected chi connectivity index (χ3v) is 6.41. The highest BCUT2D eigenvalue weighted by Crippen LogP contribution is 2.44. The van der Waals surface area contributed by atoms with Crippen LogP contribution in [-0.2, 0) is 20.9 Å². The largest absolute Gasteiger partial charge is 0.449 e. The number of carbonyl (C=O) groups excluding carboxylic acids is 3. The van der Waals surface area contributed by atoms with Crippen molar-refractivity contribution in [3.8, 4) is 11.1 Å². The van der Waals surface area contributed by atoms with Gasteiger partial charge in [-0.25, -0.2) is 4.79 Å². The Labute approximate surface area is 216 Å². The second-order valence-electron chi connectivity index (χ2n) is 9.31. The summed E-state index contributed by atoms with van der Waals surface area (Å²) in [5, 5.41) is 17.0. The summed E-state index contributed by atoms with van der Waals surface area (Å²) >= 11 is 0. The molecule has 1 unspecified atom stereocenters. The van der Waals surface area contributed by atoms with Gasteiger partial charge in [-0.1, -0.05) is 74.5 Å². The number of ether oxygens (including phenoxy) is 1. The lowest BCUT2D eigenvalue weighted by Gasteiger charge is -2.22. The summed E-state index contributed by atoms with van der Waals surface area (Å²) < 4.78 is 5.57. The Morgan fingerprint density at radius 1 is 0.892 bits per heavy atom. The molecule has 0 saturated heterocycles. The maximum Gasteiger partial charge on any atom is 0.407 e. The first kappa shape index (κ1) is 25.9. The number of aliphatic hydroxyl groups is 1. The molecule has 1 aliphatic rings. The number of hydrogen-bond acceptors (Lipinski definition) is 5. The van der Waals surface area contributed by atoms with Crippen molar-refractivity contribution in [1.29, 1.82) is 0 Å². The maximum absolute atomic E-state index is 12.8. The van der Waals surface area contributed by atoms with Crippen molar-refractivity contribution >= 4 is 23.6 Å². The lowest BCUT2D eigenvalue weighted by molar-refractivity contribution is -0.126. The number of amides is 3. The van der Waals surface area contributed by atoms with Crippen LogP contribution in [0.25, 0.3) is 11.1 Å². The van der Waals surface area contributed by atoms with E-state index in [0.717, 1.165) is 27.8 Å². The van der Waals surface area contributed by atoms with Crippen molar-refractivity contribution in [3.63, 3.8) is 0 Å². The molecule has 4 N–H and O–H groups in total. The van der Waals surface area contributed by atoms with E-state index >= 15 is 0 Å². The SMILES string of the molecule is CC(C)C(NC(=O)OCC1c2ccccc2-c2ccccc21)C(=O)NCC(=O)Nc1ccc(CO)cc1. The van der Waals surface area contributed by atoms with Crippen LogP contribution in [0.2, 0.25) is 0 Å². The molecule has 0 fully saturated rings. The fraction of sp³-hybridized carbons (Fsp3) is 0.276. The van der Waals surface area contributed by atoms with Crippen LogP contribution >= 0.6 is 0 Å². The molecule has 0 radical (unpaired) electrons. The van der Waals surface area contributed by atoms with E-state index in [1.165, 1.54) is 0 Å². The summed E-state index contributed by atoms with van der Waals surface area (Å²) in [6.07, 6.45) is -0.691. The Hall–Kier alpha value is -4.17. The number of nitrogens with one attached hydrogen (secondary N) is 3. The van der Waals surface area contributed by atoms with Gasteiger partial charge < -0.3 is 25.8 Å². The van der Waals surface area contributed by atoms with Crippen LogP contribution in [0.1, 0.15) is 36.5 Å². The molecule has 0 aromatic heterocycles. The van der Waals surface area contributed by atoms with Gasteiger partial charge in [0.25, 0.3) is 0 Å². The molecule has 1 aliphatic carbocycles. The number of benzene rings is 3. The number of aliphatic hydroxyl groups excluding tert-OH is 1. The number of anilines is 1. The van der Waals surface area contributed by atoms with Crippen molar-refractivity contribution in [2.75, 3.05) is 18.5 Å². The van der Waals surface area contributed by atoms with E-state index in [0.29, 0.717) is 5.69 Å². The highest BCUT2D eigenvalue weighted by atomic mass is 16.5. The zero-order valence-electron chi connectivity index (χ0n) is 20.9. The average Bonchev–Trinajstić information content (AvgIpc) is 3.23. The normalized spacial score (nSPS) is 12.9. The lowest BCUT2D eigenvalue weighted by Crippen LogP contribution is -2.51. The second-order valence-corrected chi connectivity index (χ2v) is 9.31. The van der Waals surface area contributed by atoms with E-state index in [1.54, 1.807) is 38.1 Å². The van der Waals surface area contributed by atoms with Crippen LogP contribution in [0.4, 0.5) is 10.5 Å². The van der Waals surface area contributed by atoms with Gasteiger partial charge >= 0.3 is 6.09 Å². The molecule has 0 bridgehead atoms. The van der Waals surface area contributed by atoms with Gasteiger partial charge in [-0.15, -0.1) is 0 Å². The van der Waals surface area contributed by atoms with E-state index in [9.17, 15) is 14.4 Å². The van der Waals surface area contributed by atoms with Crippen molar-refractivity contribution in [2.24, 2.45) is 5.92 Å². The minimum absolute atomic E-state index is 0.0837. The van der Waals surface area contributed by atoms with Gasteiger partial charge in [0.05, 0.1) is 13.2 Å². The number of fused-ring (bicyclic) bond motifs is 3. The van der Waals surface area contributed by atoms with Gasteiger partial charge in [-0.3, -0.25) is 9.59 Å². The molecule has 0 heterocycles. The average molecular weight is 502 g/mol. The Bertz CT molecular complexity index is 1230. The number of hydrogen-bond donors (Lipinski definition) is 4. The molecule has 8 nitrogen and oxygen atoms in total. The predicted molar refractivity (Wildman–Crippen MR) is 141 cm³/mol. The van der Waals surface area contributed by atoms with Gasteiger partial charge in [-0.05, 0) is 45.9 Å². The van der Waals surface area contributed by atoms with Gasteiger partial charge in [-0.2, -0.15) is 0 Å². The summed E-state index contributed by atoms with van der Waals surface area (Å²) in [5.74, 6) is -1.20. The third kappa shape index (κ3) is 6.16. The van der Waals surface area contributed by atoms with Gasteiger partial charge in [0, 0.05) is 11.6 Å². The Morgan fingerprint density at radius 3 is 2.05 bits per heavy atom. The van der Waals surface area contributed by atoms with Gasteiger partial charge in [0.15, 0.2) is 0 Å². The zero-order chi connectivity index (χ0) is 26.4. The summed E-state index contributed by atoms with van der Waals surface area (Å²) in [6.45, 7) is 3.41. The van der Waals surface area contributed by atoms with Gasteiger partial charge in [0.1, 0.15) is 12.6 Å². The van der Waals surface area contributed by atoms with Crippen LogP contribution in [0.15, 0.2) is 72.8 Å². The summed E-state index contributed by atoms with van der Waals surface area (Å²) in [5.41, 5.74) is 5.75.